The van der Waals surface area contributed by atoms with Gasteiger partial charge in [0.25, 0.3) is 5.91 Å². The van der Waals surface area contributed by atoms with E-state index in [4.69, 9.17) is 0 Å². The quantitative estimate of drug-likeness (QED) is 0.790. The Kier molecular flexibility index (Phi) is 3.66. The standard InChI is InChI=1S/C11H14BrNOS2/c1-11(2)7-13(3-4-16-11)10(14)8-5-9(12)15-6-8/h5-6H,3-4,7H2,1-2H3. The average Bonchev–Trinajstić information content (AvgIpc) is 2.62. The van der Waals surface area contributed by atoms with Crippen molar-refractivity contribution in [3.8, 4) is 0 Å². The molecule has 5 heteroatoms. The number of halogens is 1. The number of amides is 1. The Balaban J connectivity index is 2.10. The van der Waals surface area contributed by atoms with E-state index in [0.717, 1.165) is 28.2 Å². The molecule has 2 nitrogen and oxygen atoms in total. The fraction of sp³-hybridized carbons (Fsp3) is 0.545. The topological polar surface area (TPSA) is 20.3 Å². The Morgan fingerprint density at radius 3 is 2.88 bits per heavy atom. The van der Waals surface area contributed by atoms with Crippen LogP contribution >= 0.6 is 39.0 Å². The van der Waals surface area contributed by atoms with Crippen LogP contribution in [0.4, 0.5) is 0 Å². The molecular formula is C11H14BrNOS2. The maximum Gasteiger partial charge on any atom is 0.254 e. The van der Waals surface area contributed by atoms with Crippen molar-refractivity contribution in [3.63, 3.8) is 0 Å². The van der Waals surface area contributed by atoms with Crippen molar-refractivity contribution in [2.75, 3.05) is 18.8 Å². The lowest BCUT2D eigenvalue weighted by atomic mass is 10.1. The van der Waals surface area contributed by atoms with E-state index in [9.17, 15) is 4.79 Å². The molecule has 0 spiro atoms. The maximum absolute atomic E-state index is 12.2. The van der Waals surface area contributed by atoms with Gasteiger partial charge >= 0.3 is 0 Å². The number of nitrogens with zero attached hydrogens (tertiary/aromatic N) is 1. The number of carbonyl (C=O) groups excluding carboxylic acids is 1. The molecule has 2 rings (SSSR count). The first-order valence-electron chi connectivity index (χ1n) is 5.15. The molecular weight excluding hydrogens is 306 g/mol. The van der Waals surface area contributed by atoms with Gasteiger partial charge in [0.2, 0.25) is 0 Å². The maximum atomic E-state index is 12.2. The van der Waals surface area contributed by atoms with E-state index >= 15 is 0 Å². The van der Waals surface area contributed by atoms with E-state index in [2.05, 4.69) is 29.8 Å². The van der Waals surface area contributed by atoms with Gasteiger partial charge in [-0.3, -0.25) is 4.79 Å². The van der Waals surface area contributed by atoms with Crippen LogP contribution in [0, 0.1) is 0 Å². The van der Waals surface area contributed by atoms with Crippen molar-refractivity contribution >= 4 is 44.9 Å². The highest BCUT2D eigenvalue weighted by Gasteiger charge is 2.30. The van der Waals surface area contributed by atoms with Gasteiger partial charge in [0, 0.05) is 29.0 Å². The molecule has 88 valence electrons. The molecule has 0 saturated carbocycles. The van der Waals surface area contributed by atoms with Crippen LogP contribution in [0.15, 0.2) is 15.2 Å². The zero-order valence-corrected chi connectivity index (χ0v) is 12.5. The predicted molar refractivity (Wildman–Crippen MR) is 74.5 cm³/mol. The number of hydrogen-bond acceptors (Lipinski definition) is 3. The summed E-state index contributed by atoms with van der Waals surface area (Å²) < 4.78 is 1.20. The molecule has 1 saturated heterocycles. The van der Waals surface area contributed by atoms with E-state index in [-0.39, 0.29) is 10.7 Å². The van der Waals surface area contributed by atoms with Gasteiger partial charge in [-0.2, -0.15) is 11.8 Å². The lowest BCUT2D eigenvalue weighted by molar-refractivity contribution is 0.0748. The van der Waals surface area contributed by atoms with Crippen LogP contribution in [-0.2, 0) is 0 Å². The van der Waals surface area contributed by atoms with E-state index < -0.39 is 0 Å². The van der Waals surface area contributed by atoms with Gasteiger partial charge in [0.05, 0.1) is 9.35 Å². The second kappa shape index (κ2) is 4.70. The van der Waals surface area contributed by atoms with Crippen molar-refractivity contribution in [2.24, 2.45) is 0 Å². The van der Waals surface area contributed by atoms with Crippen molar-refractivity contribution < 1.29 is 4.79 Å². The van der Waals surface area contributed by atoms with Crippen molar-refractivity contribution in [2.45, 2.75) is 18.6 Å². The Hall–Kier alpha value is -0.000000000000000111. The Morgan fingerprint density at radius 1 is 1.56 bits per heavy atom. The summed E-state index contributed by atoms with van der Waals surface area (Å²) in [6, 6.07) is 1.90. The number of thioether (sulfide) groups is 1. The predicted octanol–water partition coefficient (Wildman–Crippen LogP) is 3.48. The van der Waals surface area contributed by atoms with Gasteiger partial charge in [-0.05, 0) is 35.8 Å². The minimum Gasteiger partial charge on any atom is -0.336 e. The fourth-order valence-electron chi connectivity index (χ4n) is 1.79. The summed E-state index contributed by atoms with van der Waals surface area (Å²) in [7, 11) is 0. The Labute approximate surface area is 113 Å². The summed E-state index contributed by atoms with van der Waals surface area (Å²) in [5.41, 5.74) is 0.805. The third kappa shape index (κ3) is 2.81. The molecule has 0 aromatic carbocycles. The Bertz CT molecular complexity index is 402. The summed E-state index contributed by atoms with van der Waals surface area (Å²) in [5.74, 6) is 1.19. The van der Waals surface area contributed by atoms with Crippen LogP contribution in [0.2, 0.25) is 0 Å². The van der Waals surface area contributed by atoms with Crippen LogP contribution in [0.1, 0.15) is 24.2 Å². The smallest absolute Gasteiger partial charge is 0.254 e. The van der Waals surface area contributed by atoms with Crippen molar-refractivity contribution in [1.29, 1.82) is 0 Å². The summed E-state index contributed by atoms with van der Waals surface area (Å²) in [6.45, 7) is 6.09. The number of carbonyl (C=O) groups is 1. The number of hydrogen-bond donors (Lipinski definition) is 0. The van der Waals surface area contributed by atoms with Crippen LogP contribution in [0.3, 0.4) is 0 Å². The van der Waals surface area contributed by atoms with Crippen molar-refractivity contribution in [3.05, 3.63) is 20.8 Å². The number of rotatable bonds is 1. The lowest BCUT2D eigenvalue weighted by Gasteiger charge is -2.37. The molecule has 0 N–H and O–H groups in total. The van der Waals surface area contributed by atoms with Gasteiger partial charge in [-0.1, -0.05) is 0 Å². The van der Waals surface area contributed by atoms with Crippen molar-refractivity contribution in [1.82, 2.24) is 4.90 Å². The highest BCUT2D eigenvalue weighted by Crippen LogP contribution is 2.31. The first kappa shape index (κ1) is 12.5. The van der Waals surface area contributed by atoms with Crippen LogP contribution in [0.25, 0.3) is 0 Å². The first-order chi connectivity index (χ1) is 7.48. The number of thiophene rings is 1. The van der Waals surface area contributed by atoms with Crippen LogP contribution in [-0.4, -0.2) is 34.4 Å². The third-order valence-corrected chi connectivity index (χ3v) is 5.33. The summed E-state index contributed by atoms with van der Waals surface area (Å²) >= 11 is 6.89. The summed E-state index contributed by atoms with van der Waals surface area (Å²) in [4.78, 5) is 14.2. The second-order valence-corrected chi connectivity index (χ2v) is 8.57. The summed E-state index contributed by atoms with van der Waals surface area (Å²) in [5, 5.41) is 1.92. The zero-order chi connectivity index (χ0) is 11.8. The molecule has 1 fully saturated rings. The molecule has 0 radical (unpaired) electrons. The summed E-state index contributed by atoms with van der Waals surface area (Å²) in [6.07, 6.45) is 0. The van der Waals surface area contributed by atoms with Crippen LogP contribution < -0.4 is 0 Å². The molecule has 0 unspecified atom stereocenters. The molecule has 1 aliphatic rings. The molecule has 1 aromatic heterocycles. The normalized spacial score (nSPS) is 19.8. The molecule has 0 bridgehead atoms. The molecule has 1 aliphatic heterocycles. The fourth-order valence-corrected chi connectivity index (χ4v) is 4.04. The average molecular weight is 320 g/mol. The van der Waals surface area contributed by atoms with E-state index in [1.807, 2.05) is 28.1 Å². The van der Waals surface area contributed by atoms with Gasteiger partial charge < -0.3 is 4.90 Å². The van der Waals surface area contributed by atoms with Gasteiger partial charge in [-0.25, -0.2) is 0 Å². The SMILES string of the molecule is CC1(C)CN(C(=O)c2csc(Br)c2)CCS1. The second-order valence-electron chi connectivity index (χ2n) is 4.47. The van der Waals surface area contributed by atoms with Gasteiger partial charge in [0.15, 0.2) is 0 Å². The zero-order valence-electron chi connectivity index (χ0n) is 9.33. The molecule has 16 heavy (non-hydrogen) atoms. The van der Waals surface area contributed by atoms with E-state index in [0.29, 0.717) is 0 Å². The minimum absolute atomic E-state index is 0.162. The highest BCUT2D eigenvalue weighted by molar-refractivity contribution is 9.11. The van der Waals surface area contributed by atoms with E-state index in [1.54, 1.807) is 11.3 Å². The monoisotopic (exact) mass is 319 g/mol. The molecule has 1 amide bonds. The Morgan fingerprint density at radius 2 is 2.31 bits per heavy atom. The largest absolute Gasteiger partial charge is 0.336 e. The highest BCUT2D eigenvalue weighted by atomic mass is 79.9. The van der Waals surface area contributed by atoms with Gasteiger partial charge in [0.1, 0.15) is 0 Å². The first-order valence-corrected chi connectivity index (χ1v) is 7.81. The van der Waals surface area contributed by atoms with E-state index in [1.165, 1.54) is 0 Å². The van der Waals surface area contributed by atoms with Gasteiger partial charge in [-0.15, -0.1) is 11.3 Å². The molecule has 1 aromatic rings. The van der Waals surface area contributed by atoms with Crippen LogP contribution in [0.5, 0.6) is 0 Å². The molecule has 0 atom stereocenters. The minimum atomic E-state index is 0.162. The lowest BCUT2D eigenvalue weighted by Crippen LogP contribution is -2.46. The molecule has 2 heterocycles. The molecule has 0 aliphatic carbocycles. The third-order valence-electron chi connectivity index (χ3n) is 2.53.